The van der Waals surface area contributed by atoms with Gasteiger partial charge in [-0.2, -0.15) is 0 Å². The molecule has 5 unspecified atom stereocenters. The summed E-state index contributed by atoms with van der Waals surface area (Å²) >= 11 is 0. The number of nitrogens with zero attached hydrogens (tertiary/aromatic N) is 2. The predicted molar refractivity (Wildman–Crippen MR) is 192 cm³/mol. The second-order valence-corrected chi connectivity index (χ2v) is 19.0. The quantitative estimate of drug-likeness (QED) is 0.204. The molecule has 0 amide bonds. The number of carbonyl (C=O) groups excluding carboxylic acids is 1. The minimum atomic E-state index is -1.18. The first-order chi connectivity index (χ1) is 21.2. The highest BCUT2D eigenvalue weighted by atomic mass is 16.6. The molecule has 1 aromatic carbocycles. The summed E-state index contributed by atoms with van der Waals surface area (Å²) < 4.78 is 6.34. The molecule has 47 heavy (non-hydrogen) atoms. The Labute approximate surface area is 286 Å². The van der Waals surface area contributed by atoms with E-state index >= 15 is 0 Å². The van der Waals surface area contributed by atoms with Crippen LogP contribution in [0, 0.1) is 17.8 Å². The van der Waals surface area contributed by atoms with E-state index in [2.05, 4.69) is 119 Å². The van der Waals surface area contributed by atoms with Gasteiger partial charge in [0.15, 0.2) is 0 Å². The Morgan fingerprint density at radius 2 is 1.26 bits per heavy atom. The highest BCUT2D eigenvalue weighted by molar-refractivity contribution is 5.90. The number of phenols is 1. The number of piperidine rings is 2. The van der Waals surface area contributed by atoms with Gasteiger partial charge in [-0.25, -0.2) is 0 Å². The van der Waals surface area contributed by atoms with E-state index in [1.807, 2.05) is 6.92 Å². The van der Waals surface area contributed by atoms with E-state index in [-0.39, 0.29) is 27.8 Å². The summed E-state index contributed by atoms with van der Waals surface area (Å²) in [4.78, 5) is 29.9. The lowest BCUT2D eigenvalue weighted by atomic mass is 9.62. The highest BCUT2D eigenvalue weighted by Crippen LogP contribution is 2.50. The van der Waals surface area contributed by atoms with Crippen LogP contribution in [0.3, 0.4) is 0 Å². The molecule has 2 fully saturated rings. The van der Waals surface area contributed by atoms with Crippen LogP contribution in [0.4, 0.5) is 0 Å². The number of rotatable bonds is 9. The van der Waals surface area contributed by atoms with E-state index in [0.29, 0.717) is 42.5 Å². The highest BCUT2D eigenvalue weighted by Gasteiger charge is 2.48. The second kappa shape index (κ2) is 13.7. The molecule has 268 valence electrons. The standard InChI is InChI=1S/C40H68N2O5/c1-25-16-28(22-38(9,10)41(25)14)30(29-17-26(2)42(15)39(11,12)23-29)24-40(13,47-34(45)20-33(43)44)21-27-18-31(36(3,4)5)35(46)32(19-27)37(6,7)8/h18-19,25-26,28-30,46H,16-17,20-24H2,1-15H3,(H,43,44). The number of likely N-dealkylation sites (tertiary alicyclic amines) is 2. The third-order valence-electron chi connectivity index (χ3n) is 11.9. The van der Waals surface area contributed by atoms with Crippen LogP contribution in [-0.4, -0.2) is 74.8 Å². The number of hydrogen-bond acceptors (Lipinski definition) is 6. The molecule has 3 rings (SSSR count). The van der Waals surface area contributed by atoms with Crippen molar-refractivity contribution in [3.05, 3.63) is 28.8 Å². The van der Waals surface area contributed by atoms with Crippen molar-refractivity contribution >= 4 is 11.9 Å². The summed E-state index contributed by atoms with van der Waals surface area (Å²) in [5.74, 6) is -0.412. The van der Waals surface area contributed by atoms with E-state index < -0.39 is 24.0 Å². The molecule has 2 heterocycles. The van der Waals surface area contributed by atoms with Crippen molar-refractivity contribution in [3.8, 4) is 5.75 Å². The molecule has 7 heteroatoms. The normalized spacial score (nSPS) is 27.6. The molecule has 5 atom stereocenters. The molecule has 2 N–H and O–H groups in total. The predicted octanol–water partition coefficient (Wildman–Crippen LogP) is 8.33. The first kappa shape index (κ1) is 39.3. The van der Waals surface area contributed by atoms with E-state index in [9.17, 15) is 19.8 Å². The summed E-state index contributed by atoms with van der Waals surface area (Å²) in [6, 6.07) is 4.99. The SMILES string of the molecule is CC1CC(C(CC(C)(Cc2cc(C(C)(C)C)c(O)c(C(C)(C)C)c2)OC(=O)CC(=O)O)C2CC(C)N(C)C(C)(C)C2)CC(C)(C)N1C. The van der Waals surface area contributed by atoms with E-state index in [4.69, 9.17) is 4.74 Å². The molecule has 7 nitrogen and oxygen atoms in total. The number of benzene rings is 1. The van der Waals surface area contributed by atoms with Crippen LogP contribution >= 0.6 is 0 Å². The lowest BCUT2D eigenvalue weighted by Gasteiger charge is -2.55. The summed E-state index contributed by atoms with van der Waals surface area (Å²) in [6.45, 7) is 28.7. The summed E-state index contributed by atoms with van der Waals surface area (Å²) in [5.41, 5.74) is 1.26. The largest absolute Gasteiger partial charge is 0.507 e. The molecule has 0 saturated carbocycles. The molecule has 2 aliphatic rings. The van der Waals surface area contributed by atoms with Gasteiger partial charge in [-0.1, -0.05) is 53.7 Å². The number of carbonyl (C=O) groups is 2. The Bertz CT molecular complexity index is 1220. The maximum absolute atomic E-state index is 13.2. The monoisotopic (exact) mass is 657 g/mol. The number of aliphatic carboxylic acids is 1. The van der Waals surface area contributed by atoms with Crippen LogP contribution in [0.15, 0.2) is 12.1 Å². The van der Waals surface area contributed by atoms with Crippen molar-refractivity contribution in [1.82, 2.24) is 9.80 Å². The molecule has 0 bridgehead atoms. The summed E-state index contributed by atoms with van der Waals surface area (Å²) in [7, 11) is 4.47. The van der Waals surface area contributed by atoms with Gasteiger partial charge in [-0.15, -0.1) is 0 Å². The Balaban J connectivity index is 2.18. The van der Waals surface area contributed by atoms with Crippen molar-refractivity contribution in [2.45, 2.75) is 175 Å². The number of carboxylic acids is 1. The maximum atomic E-state index is 13.2. The number of esters is 1. The van der Waals surface area contributed by atoms with Crippen molar-refractivity contribution in [1.29, 1.82) is 0 Å². The van der Waals surface area contributed by atoms with Crippen molar-refractivity contribution in [2.24, 2.45) is 17.8 Å². The molecule has 1 aromatic rings. The fourth-order valence-corrected chi connectivity index (χ4v) is 8.95. The maximum Gasteiger partial charge on any atom is 0.317 e. The average molecular weight is 657 g/mol. The zero-order valence-corrected chi connectivity index (χ0v) is 32.5. The first-order valence-electron chi connectivity index (χ1n) is 17.9. The number of ether oxygens (including phenoxy) is 1. The van der Waals surface area contributed by atoms with Crippen molar-refractivity contribution < 1.29 is 24.5 Å². The molecule has 0 spiro atoms. The van der Waals surface area contributed by atoms with Crippen LogP contribution in [0.5, 0.6) is 5.75 Å². The Hall–Kier alpha value is -2.12. The molecule has 0 aliphatic carbocycles. The van der Waals surface area contributed by atoms with Gasteiger partial charge in [0.25, 0.3) is 0 Å². The minimum absolute atomic E-state index is 0.0315. The third-order valence-corrected chi connectivity index (χ3v) is 11.9. The fraction of sp³-hybridized carbons (Fsp3) is 0.800. The zero-order chi connectivity index (χ0) is 36.1. The second-order valence-electron chi connectivity index (χ2n) is 19.0. The zero-order valence-electron chi connectivity index (χ0n) is 32.5. The Morgan fingerprint density at radius 3 is 1.60 bits per heavy atom. The minimum Gasteiger partial charge on any atom is -0.507 e. The lowest BCUT2D eigenvalue weighted by Crippen LogP contribution is -2.57. The van der Waals surface area contributed by atoms with Gasteiger partial charge in [0.1, 0.15) is 17.8 Å². The van der Waals surface area contributed by atoms with Crippen LogP contribution in [0.25, 0.3) is 0 Å². The van der Waals surface area contributed by atoms with Crippen LogP contribution in [0.1, 0.15) is 145 Å². The van der Waals surface area contributed by atoms with Gasteiger partial charge in [0.05, 0.1) is 0 Å². The van der Waals surface area contributed by atoms with Crippen LogP contribution in [-0.2, 0) is 31.6 Å². The van der Waals surface area contributed by atoms with Crippen molar-refractivity contribution in [3.63, 3.8) is 0 Å². The molecule has 2 saturated heterocycles. The fourth-order valence-electron chi connectivity index (χ4n) is 8.95. The van der Waals surface area contributed by atoms with Gasteiger partial charge in [-0.3, -0.25) is 19.4 Å². The van der Waals surface area contributed by atoms with Crippen molar-refractivity contribution in [2.75, 3.05) is 14.1 Å². The molecule has 2 aliphatic heterocycles. The van der Waals surface area contributed by atoms with E-state index in [1.165, 1.54) is 0 Å². The first-order valence-corrected chi connectivity index (χ1v) is 17.9. The number of hydrogen-bond donors (Lipinski definition) is 2. The van der Waals surface area contributed by atoms with Crippen LogP contribution < -0.4 is 0 Å². The topological polar surface area (TPSA) is 90.3 Å². The summed E-state index contributed by atoms with van der Waals surface area (Å²) in [6.07, 6.45) is 4.70. The van der Waals surface area contributed by atoms with Gasteiger partial charge in [0, 0.05) is 29.6 Å². The Kier molecular flexibility index (Phi) is 11.4. The number of aromatic hydroxyl groups is 1. The average Bonchev–Trinajstić information content (AvgIpc) is 2.87. The van der Waals surface area contributed by atoms with E-state index in [0.717, 1.165) is 42.4 Å². The van der Waals surface area contributed by atoms with Gasteiger partial charge in [-0.05, 0) is 140 Å². The van der Waals surface area contributed by atoms with Gasteiger partial charge < -0.3 is 14.9 Å². The van der Waals surface area contributed by atoms with Crippen LogP contribution in [0.2, 0.25) is 0 Å². The molecular weight excluding hydrogens is 588 g/mol. The molecule has 0 aromatic heterocycles. The lowest BCUT2D eigenvalue weighted by molar-refractivity contribution is -0.166. The smallest absolute Gasteiger partial charge is 0.317 e. The number of carboxylic acid groups (broad SMARTS) is 1. The molecular formula is C40H68N2O5. The van der Waals surface area contributed by atoms with E-state index in [1.54, 1.807) is 0 Å². The van der Waals surface area contributed by atoms with Gasteiger partial charge in [0.2, 0.25) is 0 Å². The molecule has 0 radical (unpaired) electrons. The summed E-state index contributed by atoms with van der Waals surface area (Å²) in [5, 5.41) is 21.0. The Morgan fingerprint density at radius 1 is 0.851 bits per heavy atom. The number of phenolic OH excluding ortho intramolecular Hbond substituents is 1. The third kappa shape index (κ3) is 9.32. The van der Waals surface area contributed by atoms with Gasteiger partial charge >= 0.3 is 11.9 Å².